The number of piperidine rings is 1. The van der Waals surface area contributed by atoms with E-state index in [2.05, 4.69) is 9.80 Å². The van der Waals surface area contributed by atoms with Crippen LogP contribution in [0.3, 0.4) is 0 Å². The van der Waals surface area contributed by atoms with Crippen molar-refractivity contribution in [3.63, 3.8) is 0 Å². The molecule has 1 unspecified atom stereocenters. The predicted molar refractivity (Wildman–Crippen MR) is 85.1 cm³/mol. The maximum atomic E-state index is 13.0. The van der Waals surface area contributed by atoms with Gasteiger partial charge in [-0.05, 0) is 44.6 Å². The van der Waals surface area contributed by atoms with Crippen molar-refractivity contribution >= 4 is 11.8 Å². The van der Waals surface area contributed by atoms with Crippen LogP contribution < -0.4 is 5.73 Å². The van der Waals surface area contributed by atoms with Gasteiger partial charge in [-0.15, -0.1) is 0 Å². The molecule has 1 saturated carbocycles. The van der Waals surface area contributed by atoms with Crippen molar-refractivity contribution in [1.29, 1.82) is 0 Å². The van der Waals surface area contributed by atoms with Crippen molar-refractivity contribution in [2.75, 3.05) is 32.7 Å². The Kier molecular flexibility index (Phi) is 4.71. The maximum absolute atomic E-state index is 13.0. The van der Waals surface area contributed by atoms with E-state index >= 15 is 0 Å². The monoisotopic (exact) mass is 307 g/mol. The third kappa shape index (κ3) is 3.29. The molecule has 0 radical (unpaired) electrons. The molecule has 1 spiro atoms. The molecule has 2 aliphatic heterocycles. The molecular weight excluding hydrogens is 278 g/mol. The summed E-state index contributed by atoms with van der Waals surface area (Å²) in [6.07, 6.45) is 9.53. The van der Waals surface area contributed by atoms with E-state index in [0.29, 0.717) is 11.8 Å². The van der Waals surface area contributed by atoms with E-state index < -0.39 is 0 Å². The third-order valence-corrected chi connectivity index (χ3v) is 5.84. The van der Waals surface area contributed by atoms with Gasteiger partial charge in [0.05, 0.1) is 12.0 Å². The van der Waals surface area contributed by atoms with Crippen molar-refractivity contribution in [1.82, 2.24) is 9.80 Å². The molecule has 5 nitrogen and oxygen atoms in total. The number of nitrogens with two attached hydrogens (primary N) is 1. The molecule has 22 heavy (non-hydrogen) atoms. The first-order valence-electron chi connectivity index (χ1n) is 8.89. The summed E-state index contributed by atoms with van der Waals surface area (Å²) in [5.41, 5.74) is 5.07. The summed E-state index contributed by atoms with van der Waals surface area (Å²) in [5.74, 6) is 0.756. The van der Waals surface area contributed by atoms with Gasteiger partial charge in [-0.25, -0.2) is 0 Å². The van der Waals surface area contributed by atoms with Gasteiger partial charge in [-0.3, -0.25) is 14.5 Å². The van der Waals surface area contributed by atoms with E-state index in [1.54, 1.807) is 0 Å². The van der Waals surface area contributed by atoms with Crippen LogP contribution in [0, 0.1) is 11.3 Å². The highest BCUT2D eigenvalue weighted by Crippen LogP contribution is 2.40. The number of nitrogens with zero attached hydrogens (tertiary/aromatic N) is 2. The lowest BCUT2D eigenvalue weighted by molar-refractivity contribution is -0.146. The highest BCUT2D eigenvalue weighted by Gasteiger charge is 2.48. The van der Waals surface area contributed by atoms with Gasteiger partial charge >= 0.3 is 0 Å². The van der Waals surface area contributed by atoms with E-state index in [1.165, 1.54) is 32.1 Å². The summed E-state index contributed by atoms with van der Waals surface area (Å²) in [6.45, 7) is 3.71. The lowest BCUT2D eigenvalue weighted by atomic mass is 9.77. The zero-order chi connectivity index (χ0) is 15.6. The van der Waals surface area contributed by atoms with Crippen LogP contribution in [0.1, 0.15) is 51.4 Å². The molecule has 124 valence electrons. The van der Waals surface area contributed by atoms with Crippen LogP contribution in [-0.2, 0) is 9.59 Å². The number of carbonyl (C=O) groups excluding carboxylic acids is 2. The zero-order valence-electron chi connectivity index (χ0n) is 13.6. The third-order valence-electron chi connectivity index (χ3n) is 5.84. The lowest BCUT2D eigenvalue weighted by Gasteiger charge is -2.41. The largest absolute Gasteiger partial charge is 0.369 e. The van der Waals surface area contributed by atoms with Crippen LogP contribution in [-0.4, -0.2) is 54.3 Å². The van der Waals surface area contributed by atoms with E-state index in [-0.39, 0.29) is 17.9 Å². The number of likely N-dealkylation sites (tertiary alicyclic amines) is 2. The fourth-order valence-corrected chi connectivity index (χ4v) is 4.70. The molecule has 2 heterocycles. The minimum atomic E-state index is -0.292. The van der Waals surface area contributed by atoms with E-state index in [9.17, 15) is 9.59 Å². The standard InChI is InChI=1S/C17H29N3O2/c18-15(21)12-19-10-8-17(13-19)7-4-9-20(16(17)22)11-14-5-2-1-3-6-14/h14H,1-13H2,(H2,18,21). The molecule has 0 bridgehead atoms. The molecule has 1 aliphatic carbocycles. The topological polar surface area (TPSA) is 66.6 Å². The first-order chi connectivity index (χ1) is 10.6. The smallest absolute Gasteiger partial charge is 0.231 e. The van der Waals surface area contributed by atoms with Crippen molar-refractivity contribution in [2.24, 2.45) is 17.1 Å². The van der Waals surface area contributed by atoms with Crippen molar-refractivity contribution in [3.05, 3.63) is 0 Å². The molecule has 3 aliphatic rings. The Morgan fingerprint density at radius 3 is 2.64 bits per heavy atom. The van der Waals surface area contributed by atoms with Gasteiger partial charge in [0.1, 0.15) is 0 Å². The molecule has 0 aromatic carbocycles. The Hall–Kier alpha value is -1.10. The fraction of sp³-hybridized carbons (Fsp3) is 0.882. The molecule has 0 aromatic rings. The van der Waals surface area contributed by atoms with Gasteiger partial charge in [0.2, 0.25) is 11.8 Å². The van der Waals surface area contributed by atoms with E-state index in [1.807, 2.05) is 0 Å². The number of primary amides is 1. The molecule has 3 rings (SSSR count). The van der Waals surface area contributed by atoms with Gasteiger partial charge in [-0.2, -0.15) is 0 Å². The molecule has 2 saturated heterocycles. The SMILES string of the molecule is NC(=O)CN1CCC2(CCCN(CC3CCCCC3)C2=O)C1. The second-order valence-corrected chi connectivity index (χ2v) is 7.57. The van der Waals surface area contributed by atoms with Crippen LogP contribution in [0.4, 0.5) is 0 Å². The van der Waals surface area contributed by atoms with Gasteiger partial charge < -0.3 is 10.6 Å². The summed E-state index contributed by atoms with van der Waals surface area (Å²) in [5, 5.41) is 0. The predicted octanol–water partition coefficient (Wildman–Crippen LogP) is 1.37. The van der Waals surface area contributed by atoms with Crippen molar-refractivity contribution < 1.29 is 9.59 Å². The van der Waals surface area contributed by atoms with Gasteiger partial charge in [-0.1, -0.05) is 19.3 Å². The van der Waals surface area contributed by atoms with Crippen LogP contribution in [0.5, 0.6) is 0 Å². The van der Waals surface area contributed by atoms with Crippen LogP contribution in [0.2, 0.25) is 0 Å². The van der Waals surface area contributed by atoms with Crippen LogP contribution >= 0.6 is 0 Å². The van der Waals surface area contributed by atoms with E-state index in [0.717, 1.165) is 45.4 Å². The quantitative estimate of drug-likeness (QED) is 0.853. The summed E-state index contributed by atoms with van der Waals surface area (Å²) in [7, 11) is 0. The molecular formula is C17H29N3O2. The maximum Gasteiger partial charge on any atom is 0.231 e. The second kappa shape index (κ2) is 6.57. The van der Waals surface area contributed by atoms with Crippen molar-refractivity contribution in [3.8, 4) is 0 Å². The highest BCUT2D eigenvalue weighted by molar-refractivity contribution is 5.84. The Bertz CT molecular complexity index is 434. The summed E-state index contributed by atoms with van der Waals surface area (Å²) >= 11 is 0. The van der Waals surface area contributed by atoms with E-state index in [4.69, 9.17) is 5.73 Å². The number of carbonyl (C=O) groups is 2. The minimum Gasteiger partial charge on any atom is -0.369 e. The Labute approximate surface area is 133 Å². The van der Waals surface area contributed by atoms with Crippen molar-refractivity contribution in [2.45, 2.75) is 51.4 Å². The molecule has 3 fully saturated rings. The Morgan fingerprint density at radius 2 is 1.91 bits per heavy atom. The fourth-order valence-electron chi connectivity index (χ4n) is 4.70. The summed E-state index contributed by atoms with van der Waals surface area (Å²) in [6, 6.07) is 0. The molecule has 0 aromatic heterocycles. The Morgan fingerprint density at radius 1 is 1.14 bits per heavy atom. The number of rotatable bonds is 4. The molecule has 2 amide bonds. The van der Waals surface area contributed by atoms with Crippen LogP contribution in [0.15, 0.2) is 0 Å². The first kappa shape index (κ1) is 15.8. The normalized spacial score (nSPS) is 31.1. The first-order valence-corrected chi connectivity index (χ1v) is 8.89. The van der Waals surface area contributed by atoms with Gasteiger partial charge in [0.25, 0.3) is 0 Å². The second-order valence-electron chi connectivity index (χ2n) is 7.57. The minimum absolute atomic E-state index is 0.234. The highest BCUT2D eigenvalue weighted by atomic mass is 16.2. The molecule has 2 N–H and O–H groups in total. The zero-order valence-corrected chi connectivity index (χ0v) is 13.6. The number of hydrogen-bond donors (Lipinski definition) is 1. The molecule has 5 heteroatoms. The average molecular weight is 307 g/mol. The van der Waals surface area contributed by atoms with Gasteiger partial charge in [0, 0.05) is 19.6 Å². The van der Waals surface area contributed by atoms with Crippen LogP contribution in [0.25, 0.3) is 0 Å². The Balaban J connectivity index is 1.61. The molecule has 1 atom stereocenters. The van der Waals surface area contributed by atoms with Gasteiger partial charge in [0.15, 0.2) is 0 Å². The number of amides is 2. The average Bonchev–Trinajstić information content (AvgIpc) is 2.88. The lowest BCUT2D eigenvalue weighted by Crippen LogP contribution is -2.51. The number of hydrogen-bond acceptors (Lipinski definition) is 3. The summed E-state index contributed by atoms with van der Waals surface area (Å²) < 4.78 is 0. The summed E-state index contributed by atoms with van der Waals surface area (Å²) in [4.78, 5) is 28.3.